The van der Waals surface area contributed by atoms with Crippen LogP contribution in [0.2, 0.25) is 0 Å². The predicted octanol–water partition coefficient (Wildman–Crippen LogP) is 6.74. The van der Waals surface area contributed by atoms with Crippen molar-refractivity contribution in [2.24, 2.45) is 0 Å². The standard InChI is InChI=1S/C24H18BrNO2S2/c1-16-7-9-17(10-8-16)15-28-21-12-11-18(13-20(21)25)14-22-23(27)26(24(29)30-22)19-5-3-2-4-6-19/h2-14H,15H2,1H3/b22-14+. The Labute approximate surface area is 193 Å². The molecule has 1 saturated heterocycles. The molecule has 6 heteroatoms. The van der Waals surface area contributed by atoms with E-state index in [1.165, 1.54) is 17.3 Å². The Hall–Kier alpha value is -2.41. The Morgan fingerprint density at radius 1 is 1.07 bits per heavy atom. The van der Waals surface area contributed by atoms with Crippen molar-refractivity contribution >= 4 is 61.9 Å². The summed E-state index contributed by atoms with van der Waals surface area (Å²) in [6, 6.07) is 23.5. The fourth-order valence-electron chi connectivity index (χ4n) is 2.99. The maximum Gasteiger partial charge on any atom is 0.270 e. The third-order valence-corrected chi connectivity index (χ3v) is 6.50. The number of aryl methyl sites for hydroxylation is 1. The second-order valence-corrected chi connectivity index (χ2v) is 9.35. The summed E-state index contributed by atoms with van der Waals surface area (Å²) in [6.07, 6.45) is 1.86. The highest BCUT2D eigenvalue weighted by molar-refractivity contribution is 9.10. The largest absolute Gasteiger partial charge is 0.488 e. The molecule has 3 aromatic rings. The summed E-state index contributed by atoms with van der Waals surface area (Å²) in [4.78, 5) is 15.0. The van der Waals surface area contributed by atoms with Crippen molar-refractivity contribution in [1.29, 1.82) is 0 Å². The van der Waals surface area contributed by atoms with Crippen molar-refractivity contribution in [2.75, 3.05) is 4.90 Å². The number of thioether (sulfide) groups is 1. The number of halogens is 1. The van der Waals surface area contributed by atoms with Gasteiger partial charge in [0.05, 0.1) is 15.1 Å². The number of carbonyl (C=O) groups is 1. The molecule has 0 bridgehead atoms. The van der Waals surface area contributed by atoms with E-state index in [9.17, 15) is 4.79 Å². The lowest BCUT2D eigenvalue weighted by Crippen LogP contribution is -2.27. The Kier molecular flexibility index (Phi) is 6.37. The van der Waals surface area contributed by atoms with Crippen LogP contribution in [0.25, 0.3) is 6.08 Å². The minimum atomic E-state index is -0.105. The zero-order valence-corrected chi connectivity index (χ0v) is 19.4. The number of anilines is 1. The van der Waals surface area contributed by atoms with Gasteiger partial charge < -0.3 is 4.74 Å². The van der Waals surface area contributed by atoms with E-state index in [1.54, 1.807) is 4.90 Å². The van der Waals surface area contributed by atoms with Gasteiger partial charge in [0.15, 0.2) is 4.32 Å². The van der Waals surface area contributed by atoms with Crippen LogP contribution in [0.4, 0.5) is 5.69 Å². The van der Waals surface area contributed by atoms with Crippen LogP contribution in [-0.2, 0) is 11.4 Å². The quantitative estimate of drug-likeness (QED) is 0.289. The topological polar surface area (TPSA) is 29.5 Å². The van der Waals surface area contributed by atoms with Crippen LogP contribution in [0.15, 0.2) is 82.2 Å². The zero-order chi connectivity index (χ0) is 21.1. The molecule has 0 aromatic heterocycles. The number of para-hydroxylation sites is 1. The molecule has 0 spiro atoms. The molecular formula is C24H18BrNO2S2. The van der Waals surface area contributed by atoms with E-state index in [0.717, 1.165) is 27.0 Å². The van der Waals surface area contributed by atoms with Crippen LogP contribution in [0.5, 0.6) is 5.75 Å². The molecule has 0 radical (unpaired) electrons. The van der Waals surface area contributed by atoms with E-state index in [4.69, 9.17) is 17.0 Å². The Morgan fingerprint density at radius 3 is 2.50 bits per heavy atom. The maximum atomic E-state index is 12.9. The van der Waals surface area contributed by atoms with Crippen LogP contribution in [0.3, 0.4) is 0 Å². The summed E-state index contributed by atoms with van der Waals surface area (Å²) in [6.45, 7) is 2.56. The van der Waals surface area contributed by atoms with Crippen LogP contribution < -0.4 is 9.64 Å². The van der Waals surface area contributed by atoms with Gasteiger partial charge in [0.25, 0.3) is 5.91 Å². The number of benzene rings is 3. The molecule has 0 atom stereocenters. The first kappa shape index (κ1) is 20.8. The van der Waals surface area contributed by atoms with Crippen LogP contribution in [-0.4, -0.2) is 10.2 Å². The highest BCUT2D eigenvalue weighted by Crippen LogP contribution is 2.36. The van der Waals surface area contributed by atoms with Gasteiger partial charge >= 0.3 is 0 Å². The first-order valence-corrected chi connectivity index (χ1v) is 11.3. The number of thiocarbonyl (C=S) groups is 1. The number of hydrogen-bond donors (Lipinski definition) is 0. The average Bonchev–Trinajstić information content (AvgIpc) is 3.02. The van der Waals surface area contributed by atoms with Gasteiger partial charge in [-0.05, 0) is 64.3 Å². The van der Waals surface area contributed by atoms with E-state index in [1.807, 2.05) is 54.6 Å². The highest BCUT2D eigenvalue weighted by atomic mass is 79.9. The van der Waals surface area contributed by atoms with Crippen molar-refractivity contribution in [1.82, 2.24) is 0 Å². The third-order valence-electron chi connectivity index (χ3n) is 4.58. The molecule has 1 aliphatic rings. The van der Waals surface area contributed by atoms with Crippen molar-refractivity contribution in [3.8, 4) is 5.75 Å². The van der Waals surface area contributed by atoms with Crippen LogP contribution in [0, 0.1) is 6.92 Å². The minimum absolute atomic E-state index is 0.105. The monoisotopic (exact) mass is 495 g/mol. The van der Waals surface area contributed by atoms with Gasteiger partial charge in [0, 0.05) is 0 Å². The van der Waals surface area contributed by atoms with Crippen molar-refractivity contribution < 1.29 is 9.53 Å². The predicted molar refractivity (Wildman–Crippen MR) is 132 cm³/mol. The first-order valence-electron chi connectivity index (χ1n) is 9.32. The summed E-state index contributed by atoms with van der Waals surface area (Å²) in [5.74, 6) is 0.650. The molecular weight excluding hydrogens is 478 g/mol. The highest BCUT2D eigenvalue weighted by Gasteiger charge is 2.33. The van der Waals surface area contributed by atoms with E-state index < -0.39 is 0 Å². The molecule has 0 unspecified atom stereocenters. The van der Waals surface area contributed by atoms with Crippen molar-refractivity contribution in [3.63, 3.8) is 0 Å². The molecule has 0 aliphatic carbocycles. The number of rotatable bonds is 5. The lowest BCUT2D eigenvalue weighted by Gasteiger charge is -2.13. The molecule has 1 fully saturated rings. The Bertz CT molecular complexity index is 1130. The van der Waals surface area contributed by atoms with E-state index in [0.29, 0.717) is 15.8 Å². The molecule has 1 heterocycles. The fourth-order valence-corrected chi connectivity index (χ4v) is 4.80. The summed E-state index contributed by atoms with van der Waals surface area (Å²) >= 11 is 10.3. The normalized spacial score (nSPS) is 15.1. The second kappa shape index (κ2) is 9.16. The summed E-state index contributed by atoms with van der Waals surface area (Å²) in [7, 11) is 0. The maximum absolute atomic E-state index is 12.9. The van der Waals surface area contributed by atoms with Gasteiger partial charge in [0.2, 0.25) is 0 Å². The van der Waals surface area contributed by atoms with Gasteiger partial charge in [-0.25, -0.2) is 0 Å². The molecule has 150 valence electrons. The van der Waals surface area contributed by atoms with Crippen LogP contribution >= 0.6 is 39.9 Å². The number of amides is 1. The molecule has 0 saturated carbocycles. The molecule has 30 heavy (non-hydrogen) atoms. The van der Waals surface area contributed by atoms with Gasteiger partial charge in [-0.1, -0.05) is 78.1 Å². The van der Waals surface area contributed by atoms with Gasteiger partial charge in [0.1, 0.15) is 12.4 Å². The van der Waals surface area contributed by atoms with Gasteiger partial charge in [-0.15, -0.1) is 0 Å². The number of ether oxygens (including phenoxy) is 1. The lowest BCUT2D eigenvalue weighted by atomic mass is 10.1. The zero-order valence-electron chi connectivity index (χ0n) is 16.2. The SMILES string of the molecule is Cc1ccc(COc2ccc(/C=C3/SC(=S)N(c4ccccc4)C3=O)cc2Br)cc1. The van der Waals surface area contributed by atoms with Crippen molar-refractivity contribution in [2.45, 2.75) is 13.5 Å². The summed E-state index contributed by atoms with van der Waals surface area (Å²) in [5, 5.41) is 0. The molecule has 4 rings (SSSR count). The summed E-state index contributed by atoms with van der Waals surface area (Å²) in [5.41, 5.74) is 4.02. The molecule has 1 amide bonds. The van der Waals surface area contributed by atoms with Crippen LogP contribution in [0.1, 0.15) is 16.7 Å². The van der Waals surface area contributed by atoms with E-state index in [2.05, 4.69) is 47.1 Å². The first-order chi connectivity index (χ1) is 14.5. The summed E-state index contributed by atoms with van der Waals surface area (Å²) < 4.78 is 7.30. The van der Waals surface area contributed by atoms with E-state index >= 15 is 0 Å². The fraction of sp³-hybridized carbons (Fsp3) is 0.0833. The minimum Gasteiger partial charge on any atom is -0.488 e. The number of nitrogens with zero attached hydrogens (tertiary/aromatic N) is 1. The molecule has 0 N–H and O–H groups in total. The number of carbonyl (C=O) groups excluding carboxylic acids is 1. The second-order valence-electron chi connectivity index (χ2n) is 6.82. The molecule has 1 aliphatic heterocycles. The number of hydrogen-bond acceptors (Lipinski definition) is 4. The molecule has 3 nitrogen and oxygen atoms in total. The van der Waals surface area contributed by atoms with Crippen molar-refractivity contribution in [3.05, 3.63) is 98.9 Å². The smallest absolute Gasteiger partial charge is 0.270 e. The lowest BCUT2D eigenvalue weighted by molar-refractivity contribution is -0.113. The van der Waals surface area contributed by atoms with Gasteiger partial charge in [-0.2, -0.15) is 0 Å². The Morgan fingerprint density at radius 2 is 1.80 bits per heavy atom. The average molecular weight is 496 g/mol. The Balaban J connectivity index is 1.49. The molecule has 3 aromatic carbocycles. The van der Waals surface area contributed by atoms with E-state index in [-0.39, 0.29) is 5.91 Å². The van der Waals surface area contributed by atoms with Gasteiger partial charge in [-0.3, -0.25) is 9.69 Å². The third kappa shape index (κ3) is 4.67.